The van der Waals surface area contributed by atoms with Gasteiger partial charge in [0.1, 0.15) is 16.5 Å². The average molecular weight is 281 g/mol. The van der Waals surface area contributed by atoms with Crippen molar-refractivity contribution in [2.24, 2.45) is 0 Å². The van der Waals surface area contributed by atoms with E-state index in [2.05, 4.69) is 0 Å². The van der Waals surface area contributed by atoms with Crippen molar-refractivity contribution in [3.05, 3.63) is 46.4 Å². The van der Waals surface area contributed by atoms with Gasteiger partial charge in [0.05, 0.1) is 31.6 Å². The molecule has 0 aliphatic heterocycles. The maximum atomic E-state index is 12.4. The lowest BCUT2D eigenvalue weighted by molar-refractivity contribution is 0.103. The Hall–Kier alpha value is -1.94. The van der Waals surface area contributed by atoms with Crippen molar-refractivity contribution in [2.75, 3.05) is 14.2 Å². The van der Waals surface area contributed by atoms with Crippen LogP contribution in [-0.2, 0) is 0 Å². The molecule has 0 N–H and O–H groups in total. The summed E-state index contributed by atoms with van der Waals surface area (Å²) in [5.41, 5.74) is 0.859. The molecule has 4 nitrogen and oxygen atoms in total. The van der Waals surface area contributed by atoms with Gasteiger partial charge in [-0.25, -0.2) is 0 Å². The molecular formula is C14H13ClO4. The average Bonchev–Trinajstić information content (AvgIpc) is 2.83. The Kier molecular flexibility index (Phi) is 3.81. The molecule has 0 saturated heterocycles. The highest BCUT2D eigenvalue weighted by Gasteiger charge is 2.21. The Morgan fingerprint density at radius 1 is 1.16 bits per heavy atom. The normalized spacial score (nSPS) is 10.3. The molecular weight excluding hydrogens is 268 g/mol. The van der Waals surface area contributed by atoms with Gasteiger partial charge >= 0.3 is 0 Å². The largest absolute Gasteiger partial charge is 0.495 e. The van der Waals surface area contributed by atoms with E-state index in [1.807, 2.05) is 0 Å². The highest BCUT2D eigenvalue weighted by molar-refractivity contribution is 6.34. The number of hydrogen-bond acceptors (Lipinski definition) is 4. The molecule has 1 aromatic carbocycles. The molecule has 1 heterocycles. The minimum Gasteiger partial charge on any atom is -0.495 e. The molecule has 0 spiro atoms. The molecule has 0 amide bonds. The summed E-state index contributed by atoms with van der Waals surface area (Å²) in [6.45, 7) is 1.73. The van der Waals surface area contributed by atoms with Crippen LogP contribution in [0, 0.1) is 6.92 Å². The fraction of sp³-hybridized carbons (Fsp3) is 0.214. The van der Waals surface area contributed by atoms with Gasteiger partial charge in [0.2, 0.25) is 0 Å². The quantitative estimate of drug-likeness (QED) is 0.805. The number of halogens is 1. The molecule has 0 aliphatic carbocycles. The summed E-state index contributed by atoms with van der Waals surface area (Å²) in [4.78, 5) is 12.4. The third kappa shape index (κ3) is 2.31. The Morgan fingerprint density at radius 2 is 1.89 bits per heavy atom. The van der Waals surface area contributed by atoms with Crippen LogP contribution in [0.4, 0.5) is 0 Å². The van der Waals surface area contributed by atoms with Crippen LogP contribution in [0.5, 0.6) is 11.5 Å². The molecule has 0 fully saturated rings. The van der Waals surface area contributed by atoms with Crippen LogP contribution < -0.4 is 9.47 Å². The van der Waals surface area contributed by atoms with Crippen LogP contribution in [0.3, 0.4) is 0 Å². The zero-order valence-electron chi connectivity index (χ0n) is 10.8. The predicted octanol–water partition coefficient (Wildman–Crippen LogP) is 3.49. The van der Waals surface area contributed by atoms with E-state index in [1.165, 1.54) is 20.5 Å². The molecule has 5 heteroatoms. The molecule has 2 aromatic rings. The van der Waals surface area contributed by atoms with Crippen LogP contribution in [0.15, 0.2) is 28.9 Å². The van der Waals surface area contributed by atoms with Gasteiger partial charge in [0, 0.05) is 0 Å². The zero-order valence-corrected chi connectivity index (χ0v) is 11.6. The smallest absolute Gasteiger partial charge is 0.200 e. The standard InChI is InChI=1S/C14H13ClO4/c1-8-9(6-7-19-8)13(16)10-4-5-11(17-2)12(15)14(10)18-3/h4-7H,1-3H3. The van der Waals surface area contributed by atoms with Crippen molar-refractivity contribution in [1.29, 1.82) is 0 Å². The number of aryl methyl sites for hydroxylation is 1. The number of ketones is 1. The molecule has 2 rings (SSSR count). The van der Waals surface area contributed by atoms with Crippen molar-refractivity contribution in [3.8, 4) is 11.5 Å². The van der Waals surface area contributed by atoms with E-state index in [0.29, 0.717) is 28.4 Å². The van der Waals surface area contributed by atoms with Gasteiger partial charge < -0.3 is 13.9 Å². The fourth-order valence-corrected chi connectivity index (χ4v) is 2.16. The van der Waals surface area contributed by atoms with Crippen molar-refractivity contribution in [2.45, 2.75) is 6.92 Å². The molecule has 0 saturated carbocycles. The Labute approximate surface area is 115 Å². The second-order valence-corrected chi connectivity index (χ2v) is 4.26. The second-order valence-electron chi connectivity index (χ2n) is 3.88. The number of methoxy groups -OCH3 is 2. The summed E-state index contributed by atoms with van der Waals surface area (Å²) < 4.78 is 15.4. The molecule has 0 radical (unpaired) electrons. The summed E-state index contributed by atoms with van der Waals surface area (Å²) in [5.74, 6) is 1.11. The number of benzene rings is 1. The van der Waals surface area contributed by atoms with E-state index in [-0.39, 0.29) is 10.8 Å². The molecule has 1 aromatic heterocycles. The van der Waals surface area contributed by atoms with Crippen LogP contribution >= 0.6 is 11.6 Å². The third-order valence-electron chi connectivity index (χ3n) is 2.83. The predicted molar refractivity (Wildman–Crippen MR) is 71.4 cm³/mol. The van der Waals surface area contributed by atoms with Gasteiger partial charge in [-0.05, 0) is 25.1 Å². The highest BCUT2D eigenvalue weighted by atomic mass is 35.5. The SMILES string of the molecule is COc1ccc(C(=O)c2ccoc2C)c(OC)c1Cl. The number of carbonyl (C=O) groups is 1. The molecule has 100 valence electrons. The first kappa shape index (κ1) is 13.5. The van der Waals surface area contributed by atoms with Crippen molar-refractivity contribution in [3.63, 3.8) is 0 Å². The molecule has 0 bridgehead atoms. The van der Waals surface area contributed by atoms with Crippen molar-refractivity contribution in [1.82, 2.24) is 0 Å². The van der Waals surface area contributed by atoms with E-state index in [9.17, 15) is 4.79 Å². The first-order chi connectivity index (χ1) is 9.10. The summed E-state index contributed by atoms with van der Waals surface area (Å²) >= 11 is 6.13. The maximum absolute atomic E-state index is 12.4. The summed E-state index contributed by atoms with van der Waals surface area (Å²) in [7, 11) is 2.96. The number of rotatable bonds is 4. The van der Waals surface area contributed by atoms with Gasteiger partial charge in [-0.15, -0.1) is 0 Å². The van der Waals surface area contributed by atoms with E-state index in [4.69, 9.17) is 25.5 Å². The van der Waals surface area contributed by atoms with E-state index >= 15 is 0 Å². The Balaban J connectivity index is 2.54. The monoisotopic (exact) mass is 280 g/mol. The van der Waals surface area contributed by atoms with Gasteiger partial charge in [0.25, 0.3) is 0 Å². The van der Waals surface area contributed by atoms with Crippen LogP contribution in [0.2, 0.25) is 5.02 Å². The summed E-state index contributed by atoms with van der Waals surface area (Å²) in [6, 6.07) is 4.88. The maximum Gasteiger partial charge on any atom is 0.200 e. The van der Waals surface area contributed by atoms with Gasteiger partial charge in [-0.1, -0.05) is 11.6 Å². The minimum atomic E-state index is -0.201. The minimum absolute atomic E-state index is 0.201. The van der Waals surface area contributed by atoms with E-state index in [0.717, 1.165) is 0 Å². The lowest BCUT2D eigenvalue weighted by atomic mass is 10.0. The number of furan rings is 1. The van der Waals surface area contributed by atoms with E-state index < -0.39 is 0 Å². The second kappa shape index (κ2) is 5.36. The van der Waals surface area contributed by atoms with Gasteiger partial charge in [-0.2, -0.15) is 0 Å². The zero-order chi connectivity index (χ0) is 14.0. The molecule has 0 unspecified atom stereocenters. The topological polar surface area (TPSA) is 48.7 Å². The lowest BCUT2D eigenvalue weighted by Crippen LogP contribution is -2.05. The molecule has 0 aliphatic rings. The number of ether oxygens (including phenoxy) is 2. The Bertz CT molecular complexity index is 616. The van der Waals surface area contributed by atoms with Crippen LogP contribution in [0.1, 0.15) is 21.7 Å². The Morgan fingerprint density at radius 3 is 2.42 bits per heavy atom. The first-order valence-electron chi connectivity index (χ1n) is 5.59. The summed E-state index contributed by atoms with van der Waals surface area (Å²) in [6.07, 6.45) is 1.47. The van der Waals surface area contributed by atoms with Crippen LogP contribution in [-0.4, -0.2) is 20.0 Å². The first-order valence-corrected chi connectivity index (χ1v) is 5.97. The number of carbonyl (C=O) groups excluding carboxylic acids is 1. The van der Waals surface area contributed by atoms with Crippen molar-refractivity contribution < 1.29 is 18.7 Å². The molecule has 19 heavy (non-hydrogen) atoms. The highest BCUT2D eigenvalue weighted by Crippen LogP contribution is 2.37. The van der Waals surface area contributed by atoms with Gasteiger partial charge in [-0.3, -0.25) is 4.79 Å². The lowest BCUT2D eigenvalue weighted by Gasteiger charge is -2.12. The fourth-order valence-electron chi connectivity index (χ4n) is 1.84. The number of hydrogen-bond donors (Lipinski definition) is 0. The molecule has 0 atom stereocenters. The third-order valence-corrected chi connectivity index (χ3v) is 3.19. The van der Waals surface area contributed by atoms with Gasteiger partial charge in [0.15, 0.2) is 11.5 Å². The van der Waals surface area contributed by atoms with Crippen molar-refractivity contribution >= 4 is 17.4 Å². The summed E-state index contributed by atoms with van der Waals surface area (Å²) in [5, 5.41) is 0.275. The van der Waals surface area contributed by atoms with E-state index in [1.54, 1.807) is 25.1 Å². The van der Waals surface area contributed by atoms with Crippen LogP contribution in [0.25, 0.3) is 0 Å².